The minimum absolute atomic E-state index is 0.208. The van der Waals surface area contributed by atoms with E-state index in [0.29, 0.717) is 11.6 Å². The molecule has 5 nitrogen and oxygen atoms in total. The number of hydrogen-bond donors (Lipinski definition) is 2. The molecule has 1 amide bonds. The zero-order valence-electron chi connectivity index (χ0n) is 11.6. The highest BCUT2D eigenvalue weighted by Crippen LogP contribution is 2.29. The summed E-state index contributed by atoms with van der Waals surface area (Å²) >= 11 is 0. The van der Waals surface area contributed by atoms with Crippen molar-refractivity contribution in [2.45, 2.75) is 32.6 Å². The molecule has 1 aromatic heterocycles. The predicted molar refractivity (Wildman–Crippen MR) is 75.0 cm³/mol. The molecule has 1 aliphatic carbocycles. The molecule has 1 heterocycles. The minimum atomic E-state index is -0.208. The normalized spacial score (nSPS) is 22.8. The topological polar surface area (TPSA) is 66.9 Å². The van der Waals surface area contributed by atoms with Gasteiger partial charge in [0.2, 0.25) is 0 Å². The lowest BCUT2D eigenvalue weighted by Crippen LogP contribution is -2.25. The Kier molecular flexibility index (Phi) is 4.71. The van der Waals surface area contributed by atoms with E-state index < -0.39 is 0 Å². The molecule has 19 heavy (non-hydrogen) atoms. The predicted octanol–water partition coefficient (Wildman–Crippen LogP) is 2.07. The van der Waals surface area contributed by atoms with Crippen LogP contribution in [0.4, 0.5) is 5.82 Å². The van der Waals surface area contributed by atoms with Crippen LogP contribution < -0.4 is 10.6 Å². The lowest BCUT2D eigenvalue weighted by molar-refractivity contribution is 0.0957. The number of carbonyl (C=O) groups is 1. The number of aromatic nitrogens is 2. The van der Waals surface area contributed by atoms with Crippen LogP contribution in [0.2, 0.25) is 0 Å². The van der Waals surface area contributed by atoms with Crippen LogP contribution in [0.3, 0.4) is 0 Å². The maximum absolute atomic E-state index is 11.3. The van der Waals surface area contributed by atoms with Gasteiger partial charge in [-0.2, -0.15) is 0 Å². The molecule has 2 atom stereocenters. The van der Waals surface area contributed by atoms with Gasteiger partial charge in [0.1, 0.15) is 5.82 Å². The average molecular weight is 262 g/mol. The molecule has 1 aliphatic rings. The summed E-state index contributed by atoms with van der Waals surface area (Å²) in [4.78, 5) is 11.3. The second-order valence-electron chi connectivity index (χ2n) is 5.29. The highest BCUT2D eigenvalue weighted by Gasteiger charge is 2.20. The Morgan fingerprint density at radius 3 is 2.74 bits per heavy atom. The summed E-state index contributed by atoms with van der Waals surface area (Å²) < 4.78 is 0. The van der Waals surface area contributed by atoms with Crippen LogP contribution in [0, 0.1) is 11.8 Å². The molecule has 1 fully saturated rings. The third-order valence-electron chi connectivity index (χ3n) is 3.96. The summed E-state index contributed by atoms with van der Waals surface area (Å²) in [7, 11) is 1.58. The van der Waals surface area contributed by atoms with E-state index in [1.807, 2.05) is 6.07 Å². The summed E-state index contributed by atoms with van der Waals surface area (Å²) in [5, 5.41) is 13.8. The molecular weight excluding hydrogens is 240 g/mol. The summed E-state index contributed by atoms with van der Waals surface area (Å²) in [6.45, 7) is 3.26. The first-order valence-electron chi connectivity index (χ1n) is 7.00. The molecule has 2 rings (SSSR count). The SMILES string of the molecule is CNC(=O)c1ccc(NCC2CCCCC2C)nn1. The fourth-order valence-corrected chi connectivity index (χ4v) is 2.61. The highest BCUT2D eigenvalue weighted by atomic mass is 16.1. The van der Waals surface area contributed by atoms with Crippen LogP contribution in [0.1, 0.15) is 43.1 Å². The van der Waals surface area contributed by atoms with Gasteiger partial charge in [-0.1, -0.05) is 26.2 Å². The van der Waals surface area contributed by atoms with Gasteiger partial charge in [0.05, 0.1) is 0 Å². The maximum atomic E-state index is 11.3. The molecule has 2 N–H and O–H groups in total. The van der Waals surface area contributed by atoms with E-state index >= 15 is 0 Å². The molecule has 5 heteroatoms. The van der Waals surface area contributed by atoms with Gasteiger partial charge in [-0.3, -0.25) is 4.79 Å². The largest absolute Gasteiger partial charge is 0.368 e. The number of hydrogen-bond acceptors (Lipinski definition) is 4. The van der Waals surface area contributed by atoms with E-state index in [-0.39, 0.29) is 5.91 Å². The van der Waals surface area contributed by atoms with Crippen LogP contribution in [0.5, 0.6) is 0 Å². The van der Waals surface area contributed by atoms with E-state index in [9.17, 15) is 4.79 Å². The second kappa shape index (κ2) is 6.50. The Morgan fingerprint density at radius 2 is 2.11 bits per heavy atom. The van der Waals surface area contributed by atoms with Gasteiger partial charge < -0.3 is 10.6 Å². The van der Waals surface area contributed by atoms with Gasteiger partial charge in [-0.05, 0) is 30.4 Å². The average Bonchev–Trinajstić information content (AvgIpc) is 2.46. The van der Waals surface area contributed by atoms with Crippen LogP contribution in [0.25, 0.3) is 0 Å². The van der Waals surface area contributed by atoms with Crippen molar-refractivity contribution < 1.29 is 4.79 Å². The van der Waals surface area contributed by atoms with Crippen molar-refractivity contribution in [3.8, 4) is 0 Å². The van der Waals surface area contributed by atoms with Gasteiger partial charge in [0.15, 0.2) is 5.69 Å². The molecule has 104 valence electrons. The number of amides is 1. The Labute approximate surface area is 114 Å². The van der Waals surface area contributed by atoms with Crippen LogP contribution in [-0.4, -0.2) is 29.7 Å². The van der Waals surface area contributed by atoms with Crippen molar-refractivity contribution >= 4 is 11.7 Å². The summed E-state index contributed by atoms with van der Waals surface area (Å²) in [5.74, 6) is 2.03. The quantitative estimate of drug-likeness (QED) is 0.871. The zero-order chi connectivity index (χ0) is 13.7. The van der Waals surface area contributed by atoms with Gasteiger partial charge >= 0.3 is 0 Å². The van der Waals surface area contributed by atoms with Crippen molar-refractivity contribution in [3.63, 3.8) is 0 Å². The zero-order valence-corrected chi connectivity index (χ0v) is 11.6. The number of anilines is 1. The van der Waals surface area contributed by atoms with Gasteiger partial charge in [0, 0.05) is 13.6 Å². The molecule has 2 unspecified atom stereocenters. The lowest BCUT2D eigenvalue weighted by Gasteiger charge is -2.28. The number of carbonyl (C=O) groups excluding carboxylic acids is 1. The Balaban J connectivity index is 1.87. The van der Waals surface area contributed by atoms with Crippen molar-refractivity contribution in [1.29, 1.82) is 0 Å². The lowest BCUT2D eigenvalue weighted by atomic mass is 9.80. The van der Waals surface area contributed by atoms with E-state index in [0.717, 1.165) is 18.3 Å². The Bertz CT molecular complexity index is 418. The van der Waals surface area contributed by atoms with Crippen LogP contribution >= 0.6 is 0 Å². The van der Waals surface area contributed by atoms with Gasteiger partial charge in [-0.15, -0.1) is 10.2 Å². The molecule has 0 bridgehead atoms. The summed E-state index contributed by atoms with van der Waals surface area (Å²) in [6.07, 6.45) is 5.31. The molecule has 0 spiro atoms. The maximum Gasteiger partial charge on any atom is 0.271 e. The standard InChI is InChI=1S/C14H22N4O/c1-10-5-3-4-6-11(10)9-16-13-8-7-12(17-18-13)14(19)15-2/h7-8,10-11H,3-6,9H2,1-2H3,(H,15,19)(H,16,18). The Morgan fingerprint density at radius 1 is 1.32 bits per heavy atom. The van der Waals surface area contributed by atoms with Crippen LogP contribution in [-0.2, 0) is 0 Å². The molecule has 1 aromatic rings. The molecule has 0 aliphatic heterocycles. The van der Waals surface area contributed by atoms with Crippen molar-refractivity contribution in [1.82, 2.24) is 15.5 Å². The molecular formula is C14H22N4O. The third-order valence-corrected chi connectivity index (χ3v) is 3.96. The van der Waals surface area contributed by atoms with Crippen LogP contribution in [0.15, 0.2) is 12.1 Å². The third kappa shape index (κ3) is 3.66. The fraction of sp³-hybridized carbons (Fsp3) is 0.643. The molecule has 0 saturated heterocycles. The van der Waals surface area contributed by atoms with Gasteiger partial charge in [0.25, 0.3) is 5.91 Å². The van der Waals surface area contributed by atoms with E-state index in [4.69, 9.17) is 0 Å². The van der Waals surface area contributed by atoms with Crippen molar-refractivity contribution in [2.24, 2.45) is 11.8 Å². The van der Waals surface area contributed by atoms with E-state index in [1.165, 1.54) is 25.7 Å². The second-order valence-corrected chi connectivity index (χ2v) is 5.29. The number of rotatable bonds is 4. The molecule has 1 saturated carbocycles. The van der Waals surface area contributed by atoms with Crippen molar-refractivity contribution in [2.75, 3.05) is 18.9 Å². The Hall–Kier alpha value is -1.65. The van der Waals surface area contributed by atoms with Crippen molar-refractivity contribution in [3.05, 3.63) is 17.8 Å². The molecule has 0 radical (unpaired) electrons. The smallest absolute Gasteiger partial charge is 0.271 e. The van der Waals surface area contributed by atoms with E-state index in [2.05, 4.69) is 27.8 Å². The first-order valence-corrected chi connectivity index (χ1v) is 7.00. The number of nitrogens with one attached hydrogen (secondary N) is 2. The summed E-state index contributed by atoms with van der Waals surface area (Å²) in [6, 6.07) is 3.50. The number of nitrogens with zero attached hydrogens (tertiary/aromatic N) is 2. The first-order chi connectivity index (χ1) is 9.20. The molecule has 0 aromatic carbocycles. The highest BCUT2D eigenvalue weighted by molar-refractivity contribution is 5.91. The van der Waals surface area contributed by atoms with Gasteiger partial charge in [-0.25, -0.2) is 0 Å². The monoisotopic (exact) mass is 262 g/mol. The first kappa shape index (κ1) is 13.8. The summed E-state index contributed by atoms with van der Waals surface area (Å²) in [5.41, 5.74) is 0.346. The van der Waals surface area contributed by atoms with E-state index in [1.54, 1.807) is 13.1 Å². The fourth-order valence-electron chi connectivity index (χ4n) is 2.61. The minimum Gasteiger partial charge on any atom is -0.368 e.